The van der Waals surface area contributed by atoms with Gasteiger partial charge in [-0.05, 0) is 62.4 Å². The summed E-state index contributed by atoms with van der Waals surface area (Å²) in [7, 11) is 0. The van der Waals surface area contributed by atoms with Gasteiger partial charge in [-0.25, -0.2) is 0 Å². The van der Waals surface area contributed by atoms with E-state index in [0.717, 1.165) is 31.3 Å². The van der Waals surface area contributed by atoms with E-state index < -0.39 is 6.04 Å². The zero-order chi connectivity index (χ0) is 20.5. The minimum absolute atomic E-state index is 0.00153. The van der Waals surface area contributed by atoms with Crippen LogP contribution in [0.5, 0.6) is 5.75 Å². The van der Waals surface area contributed by atoms with Gasteiger partial charge in [-0.15, -0.1) is 0 Å². The summed E-state index contributed by atoms with van der Waals surface area (Å²) in [6, 6.07) is 6.41. The molecule has 1 aromatic rings. The fraction of sp³-hybridized carbons (Fsp3) is 0.636. The number of hydrogen-bond donors (Lipinski definition) is 2. The van der Waals surface area contributed by atoms with Crippen LogP contribution in [-0.2, 0) is 4.79 Å². The molecular formula is C22H35N3O3. The topological polar surface area (TPSA) is 70.7 Å². The van der Waals surface area contributed by atoms with Crippen molar-refractivity contribution in [3.05, 3.63) is 29.8 Å². The first-order valence-corrected chi connectivity index (χ1v) is 10.4. The van der Waals surface area contributed by atoms with Gasteiger partial charge in [0.2, 0.25) is 5.91 Å². The summed E-state index contributed by atoms with van der Waals surface area (Å²) < 4.78 is 5.40. The molecule has 1 aromatic carbocycles. The van der Waals surface area contributed by atoms with E-state index in [-0.39, 0.29) is 17.7 Å². The minimum atomic E-state index is -0.556. The van der Waals surface area contributed by atoms with Gasteiger partial charge in [0.25, 0.3) is 5.91 Å². The summed E-state index contributed by atoms with van der Waals surface area (Å²) in [6.45, 7) is 12.3. The molecule has 1 fully saturated rings. The maximum atomic E-state index is 12.6. The molecule has 6 heteroatoms. The van der Waals surface area contributed by atoms with Crippen LogP contribution in [0.25, 0.3) is 0 Å². The molecule has 28 heavy (non-hydrogen) atoms. The van der Waals surface area contributed by atoms with E-state index in [9.17, 15) is 9.59 Å². The highest BCUT2D eigenvalue weighted by atomic mass is 16.5. The molecule has 0 aliphatic carbocycles. The molecule has 6 nitrogen and oxygen atoms in total. The Morgan fingerprint density at radius 2 is 1.96 bits per heavy atom. The van der Waals surface area contributed by atoms with Crippen LogP contribution in [-0.4, -0.2) is 55.5 Å². The second-order valence-electron chi connectivity index (χ2n) is 7.99. The first kappa shape index (κ1) is 22.2. The van der Waals surface area contributed by atoms with Crippen LogP contribution in [0.1, 0.15) is 50.9 Å². The Balaban J connectivity index is 1.85. The number of piperidine rings is 1. The van der Waals surface area contributed by atoms with Crippen molar-refractivity contribution in [1.82, 2.24) is 15.5 Å². The summed E-state index contributed by atoms with van der Waals surface area (Å²) in [5.74, 6) is 1.08. The van der Waals surface area contributed by atoms with Crippen molar-refractivity contribution in [3.8, 4) is 5.75 Å². The number of rotatable bonds is 9. The Morgan fingerprint density at radius 3 is 2.57 bits per heavy atom. The third-order valence-electron chi connectivity index (χ3n) is 5.13. The largest absolute Gasteiger partial charge is 0.494 e. The van der Waals surface area contributed by atoms with Crippen LogP contribution in [0.15, 0.2) is 24.3 Å². The highest BCUT2D eigenvalue weighted by molar-refractivity contribution is 5.97. The molecule has 2 atom stereocenters. The number of carbonyl (C=O) groups excluding carboxylic acids is 2. The highest BCUT2D eigenvalue weighted by Crippen LogP contribution is 2.15. The van der Waals surface area contributed by atoms with E-state index in [1.54, 1.807) is 24.3 Å². The number of carbonyl (C=O) groups is 2. The fourth-order valence-corrected chi connectivity index (χ4v) is 3.57. The molecule has 0 saturated carbocycles. The number of nitrogens with zero attached hydrogens (tertiary/aromatic N) is 1. The lowest BCUT2D eigenvalue weighted by Crippen LogP contribution is -2.51. The zero-order valence-corrected chi connectivity index (χ0v) is 17.7. The minimum Gasteiger partial charge on any atom is -0.494 e. The number of amides is 2. The van der Waals surface area contributed by atoms with Gasteiger partial charge in [0.1, 0.15) is 11.8 Å². The SMILES string of the molecule is CCOc1ccc(C(=O)NC(C(=O)NCCN2CCCC(C)C2)C(C)C)cc1. The molecule has 1 aliphatic rings. The van der Waals surface area contributed by atoms with Crippen LogP contribution >= 0.6 is 0 Å². The maximum absolute atomic E-state index is 12.6. The first-order valence-electron chi connectivity index (χ1n) is 10.4. The number of nitrogens with one attached hydrogen (secondary N) is 2. The molecule has 0 spiro atoms. The standard InChI is InChI=1S/C22H35N3O3/c1-5-28-19-10-8-18(9-11-19)21(26)24-20(16(2)3)22(27)23-12-14-25-13-6-7-17(4)15-25/h8-11,16-17,20H,5-7,12-15H2,1-4H3,(H,23,27)(H,24,26). The first-order chi connectivity index (χ1) is 13.4. The lowest BCUT2D eigenvalue weighted by atomic mass is 10.0. The van der Waals surface area contributed by atoms with E-state index in [2.05, 4.69) is 22.5 Å². The van der Waals surface area contributed by atoms with Gasteiger partial charge in [0.15, 0.2) is 0 Å². The van der Waals surface area contributed by atoms with Gasteiger partial charge in [0.05, 0.1) is 6.61 Å². The smallest absolute Gasteiger partial charge is 0.251 e. The number of hydrogen-bond acceptors (Lipinski definition) is 4. The summed E-state index contributed by atoms with van der Waals surface area (Å²) in [5, 5.41) is 5.87. The van der Waals surface area contributed by atoms with Crippen molar-refractivity contribution in [3.63, 3.8) is 0 Å². The molecular weight excluding hydrogens is 354 g/mol. The Kier molecular flexibility index (Phi) is 8.77. The molecule has 1 saturated heterocycles. The van der Waals surface area contributed by atoms with Crippen molar-refractivity contribution >= 4 is 11.8 Å². The van der Waals surface area contributed by atoms with E-state index >= 15 is 0 Å². The Labute approximate surface area is 169 Å². The summed E-state index contributed by atoms with van der Waals surface area (Å²) in [6.07, 6.45) is 2.51. The predicted molar refractivity (Wildman–Crippen MR) is 112 cm³/mol. The quantitative estimate of drug-likeness (QED) is 0.681. The van der Waals surface area contributed by atoms with Gasteiger partial charge < -0.3 is 20.3 Å². The monoisotopic (exact) mass is 389 g/mol. The Hall–Kier alpha value is -2.08. The van der Waals surface area contributed by atoms with Crippen LogP contribution in [0.4, 0.5) is 0 Å². The van der Waals surface area contributed by atoms with E-state index in [4.69, 9.17) is 4.74 Å². The predicted octanol–water partition coefficient (Wildman–Crippen LogP) is 2.69. The third-order valence-corrected chi connectivity index (χ3v) is 5.13. The Morgan fingerprint density at radius 1 is 1.25 bits per heavy atom. The second-order valence-corrected chi connectivity index (χ2v) is 7.99. The lowest BCUT2D eigenvalue weighted by molar-refractivity contribution is -0.124. The summed E-state index contributed by atoms with van der Waals surface area (Å²) in [5.41, 5.74) is 0.518. The summed E-state index contributed by atoms with van der Waals surface area (Å²) in [4.78, 5) is 27.6. The number of benzene rings is 1. The van der Waals surface area contributed by atoms with Gasteiger partial charge in [-0.3, -0.25) is 9.59 Å². The van der Waals surface area contributed by atoms with Gasteiger partial charge in [-0.1, -0.05) is 20.8 Å². The molecule has 1 aliphatic heterocycles. The van der Waals surface area contributed by atoms with Crippen molar-refractivity contribution in [2.24, 2.45) is 11.8 Å². The van der Waals surface area contributed by atoms with Crippen LogP contribution < -0.4 is 15.4 Å². The molecule has 0 bridgehead atoms. The molecule has 156 valence electrons. The van der Waals surface area contributed by atoms with Crippen molar-refractivity contribution in [2.45, 2.75) is 46.6 Å². The van der Waals surface area contributed by atoms with Crippen LogP contribution in [0, 0.1) is 11.8 Å². The molecule has 2 N–H and O–H groups in total. The molecule has 0 aromatic heterocycles. The molecule has 2 rings (SSSR count). The number of likely N-dealkylation sites (tertiary alicyclic amines) is 1. The highest BCUT2D eigenvalue weighted by Gasteiger charge is 2.25. The van der Waals surface area contributed by atoms with E-state index in [1.807, 2.05) is 20.8 Å². The maximum Gasteiger partial charge on any atom is 0.251 e. The van der Waals surface area contributed by atoms with Crippen LogP contribution in [0.3, 0.4) is 0 Å². The molecule has 1 heterocycles. The third kappa shape index (κ3) is 6.82. The Bertz CT molecular complexity index is 630. The van der Waals surface area contributed by atoms with Crippen LogP contribution in [0.2, 0.25) is 0 Å². The average Bonchev–Trinajstić information content (AvgIpc) is 2.66. The van der Waals surface area contributed by atoms with Gasteiger partial charge >= 0.3 is 0 Å². The summed E-state index contributed by atoms with van der Waals surface area (Å²) >= 11 is 0. The number of ether oxygens (including phenoxy) is 1. The lowest BCUT2D eigenvalue weighted by Gasteiger charge is -2.31. The van der Waals surface area contributed by atoms with E-state index in [0.29, 0.717) is 18.7 Å². The van der Waals surface area contributed by atoms with Crippen molar-refractivity contribution in [1.29, 1.82) is 0 Å². The average molecular weight is 390 g/mol. The normalized spacial score (nSPS) is 18.5. The second kappa shape index (κ2) is 11.1. The van der Waals surface area contributed by atoms with E-state index in [1.165, 1.54) is 12.8 Å². The van der Waals surface area contributed by atoms with Gasteiger partial charge in [-0.2, -0.15) is 0 Å². The van der Waals surface area contributed by atoms with Gasteiger partial charge in [0, 0.05) is 25.2 Å². The van der Waals surface area contributed by atoms with Crippen molar-refractivity contribution < 1.29 is 14.3 Å². The zero-order valence-electron chi connectivity index (χ0n) is 17.7. The molecule has 2 unspecified atom stereocenters. The molecule has 0 radical (unpaired) electrons. The molecule has 2 amide bonds. The fourth-order valence-electron chi connectivity index (χ4n) is 3.57. The van der Waals surface area contributed by atoms with Crippen molar-refractivity contribution in [2.75, 3.05) is 32.8 Å².